The Labute approximate surface area is 143 Å². The summed E-state index contributed by atoms with van der Waals surface area (Å²) >= 11 is 0. The molecule has 1 aliphatic carbocycles. The summed E-state index contributed by atoms with van der Waals surface area (Å²) in [7, 11) is 2.07. The number of fused-ring (bicyclic) bond motifs is 1. The number of nitrogens with one attached hydrogen (secondary N) is 2. The average Bonchev–Trinajstić information content (AvgIpc) is 3.07. The predicted molar refractivity (Wildman–Crippen MR) is 99.8 cm³/mol. The Balaban J connectivity index is 1.38. The molecule has 0 aliphatic heterocycles. The molecule has 0 bridgehead atoms. The zero-order chi connectivity index (χ0) is 16.8. The van der Waals surface area contributed by atoms with Gasteiger partial charge in [0.05, 0.1) is 0 Å². The summed E-state index contributed by atoms with van der Waals surface area (Å²) in [6.45, 7) is 1.57. The molecular weight excluding hydrogens is 298 g/mol. The molecule has 0 spiro atoms. The van der Waals surface area contributed by atoms with Gasteiger partial charge in [0, 0.05) is 31.5 Å². The lowest BCUT2D eigenvalue weighted by Crippen LogP contribution is -2.31. The molecule has 2 amide bonds. The first-order valence-corrected chi connectivity index (χ1v) is 8.65. The van der Waals surface area contributed by atoms with Crippen LogP contribution in [0.25, 0.3) is 0 Å². The van der Waals surface area contributed by atoms with Crippen molar-refractivity contribution >= 4 is 17.4 Å². The van der Waals surface area contributed by atoms with Gasteiger partial charge in [-0.1, -0.05) is 24.3 Å². The van der Waals surface area contributed by atoms with Gasteiger partial charge in [0.25, 0.3) is 0 Å². The van der Waals surface area contributed by atoms with Crippen LogP contribution in [0.5, 0.6) is 0 Å². The first-order chi connectivity index (χ1) is 11.7. The zero-order valence-corrected chi connectivity index (χ0v) is 14.2. The summed E-state index contributed by atoms with van der Waals surface area (Å²) in [5.41, 5.74) is 4.87. The molecule has 0 radical (unpaired) electrons. The van der Waals surface area contributed by atoms with E-state index in [4.69, 9.17) is 0 Å². The van der Waals surface area contributed by atoms with E-state index in [1.54, 1.807) is 0 Å². The molecule has 0 unspecified atom stereocenters. The topological polar surface area (TPSA) is 44.4 Å². The van der Waals surface area contributed by atoms with Crippen LogP contribution in [0.15, 0.2) is 48.5 Å². The highest BCUT2D eigenvalue weighted by Crippen LogP contribution is 2.24. The van der Waals surface area contributed by atoms with Gasteiger partial charge in [0.1, 0.15) is 0 Å². The number of carbonyl (C=O) groups excluding carboxylic acids is 1. The highest BCUT2D eigenvalue weighted by Gasteiger charge is 2.11. The molecule has 2 aromatic rings. The number of urea groups is 1. The number of benzene rings is 2. The number of aryl methyl sites for hydroxylation is 2. The zero-order valence-electron chi connectivity index (χ0n) is 14.2. The Kier molecular flexibility index (Phi) is 5.36. The van der Waals surface area contributed by atoms with E-state index in [1.807, 2.05) is 24.3 Å². The largest absolute Gasteiger partial charge is 0.375 e. The molecule has 0 aromatic heterocycles. The number of hydrogen-bond acceptors (Lipinski definition) is 2. The first-order valence-electron chi connectivity index (χ1n) is 8.65. The molecule has 3 rings (SSSR count). The second-order valence-electron chi connectivity index (χ2n) is 6.33. The third kappa shape index (κ3) is 4.28. The minimum absolute atomic E-state index is 0.129. The summed E-state index contributed by atoms with van der Waals surface area (Å²) in [5, 5.41) is 5.86. The third-order valence-corrected chi connectivity index (χ3v) is 4.51. The van der Waals surface area contributed by atoms with E-state index in [0.717, 1.165) is 31.5 Å². The van der Waals surface area contributed by atoms with Gasteiger partial charge >= 0.3 is 6.03 Å². The molecule has 1 aliphatic rings. The van der Waals surface area contributed by atoms with Crippen LogP contribution in [0.3, 0.4) is 0 Å². The van der Waals surface area contributed by atoms with Crippen LogP contribution < -0.4 is 15.5 Å². The second-order valence-corrected chi connectivity index (χ2v) is 6.33. The molecule has 2 aromatic carbocycles. The van der Waals surface area contributed by atoms with Crippen molar-refractivity contribution in [1.29, 1.82) is 0 Å². The molecule has 4 nitrogen and oxygen atoms in total. The van der Waals surface area contributed by atoms with Gasteiger partial charge in [-0.15, -0.1) is 0 Å². The van der Waals surface area contributed by atoms with Gasteiger partial charge in [-0.05, 0) is 61.1 Å². The van der Waals surface area contributed by atoms with Gasteiger partial charge < -0.3 is 15.5 Å². The van der Waals surface area contributed by atoms with E-state index in [-0.39, 0.29) is 6.03 Å². The van der Waals surface area contributed by atoms with E-state index in [9.17, 15) is 4.79 Å². The molecular formula is C20H25N3O. The summed E-state index contributed by atoms with van der Waals surface area (Å²) in [4.78, 5) is 14.2. The fourth-order valence-corrected chi connectivity index (χ4v) is 3.15. The Morgan fingerprint density at radius 3 is 2.71 bits per heavy atom. The van der Waals surface area contributed by atoms with Crippen LogP contribution in [0.4, 0.5) is 16.2 Å². The minimum Gasteiger partial charge on any atom is -0.375 e. The molecule has 24 heavy (non-hydrogen) atoms. The summed E-state index contributed by atoms with van der Waals surface area (Å²) < 4.78 is 0. The highest BCUT2D eigenvalue weighted by molar-refractivity contribution is 5.89. The minimum atomic E-state index is -0.129. The quantitative estimate of drug-likeness (QED) is 0.794. The van der Waals surface area contributed by atoms with Crippen molar-refractivity contribution < 1.29 is 4.79 Å². The van der Waals surface area contributed by atoms with Crippen molar-refractivity contribution in [2.75, 3.05) is 30.4 Å². The maximum Gasteiger partial charge on any atom is 0.319 e. The van der Waals surface area contributed by atoms with E-state index in [2.05, 4.69) is 46.8 Å². The Hall–Kier alpha value is -2.49. The Morgan fingerprint density at radius 1 is 1.08 bits per heavy atom. The highest BCUT2D eigenvalue weighted by atomic mass is 16.2. The normalized spacial score (nSPS) is 12.5. The maximum absolute atomic E-state index is 12.0. The molecule has 4 heteroatoms. The molecule has 2 N–H and O–H groups in total. The number of nitrogens with zero attached hydrogens (tertiary/aromatic N) is 1. The standard InChI is InChI=1S/C20H25N3O/c1-23(19-9-3-2-4-10-19)14-6-13-21-20(24)22-18-12-11-16-7-5-8-17(16)15-18/h2-4,9-12,15H,5-8,13-14H2,1H3,(H2,21,22,24). The maximum atomic E-state index is 12.0. The van der Waals surface area contributed by atoms with E-state index < -0.39 is 0 Å². The van der Waals surface area contributed by atoms with E-state index in [0.29, 0.717) is 6.54 Å². The Morgan fingerprint density at radius 2 is 1.88 bits per heavy atom. The number of hydrogen-bond donors (Lipinski definition) is 2. The lowest BCUT2D eigenvalue weighted by atomic mass is 10.1. The molecule has 0 atom stereocenters. The van der Waals surface area contributed by atoms with Crippen LogP contribution in [-0.2, 0) is 12.8 Å². The lowest BCUT2D eigenvalue weighted by molar-refractivity contribution is 0.252. The van der Waals surface area contributed by atoms with Crippen molar-refractivity contribution in [2.45, 2.75) is 25.7 Å². The summed E-state index contributed by atoms with van der Waals surface area (Å²) in [6, 6.07) is 16.4. The van der Waals surface area contributed by atoms with Crippen LogP contribution in [0, 0.1) is 0 Å². The molecule has 0 heterocycles. The van der Waals surface area contributed by atoms with E-state index >= 15 is 0 Å². The fraction of sp³-hybridized carbons (Fsp3) is 0.350. The van der Waals surface area contributed by atoms with Crippen molar-refractivity contribution in [3.8, 4) is 0 Å². The second kappa shape index (κ2) is 7.86. The molecule has 126 valence electrons. The SMILES string of the molecule is CN(CCCNC(=O)Nc1ccc2c(c1)CCC2)c1ccccc1. The summed E-state index contributed by atoms with van der Waals surface area (Å²) in [5.74, 6) is 0. The van der Waals surface area contributed by atoms with Gasteiger partial charge in [0.15, 0.2) is 0 Å². The van der Waals surface area contributed by atoms with Crippen LogP contribution in [0.1, 0.15) is 24.0 Å². The van der Waals surface area contributed by atoms with E-state index in [1.165, 1.54) is 23.2 Å². The first kappa shape index (κ1) is 16.4. The third-order valence-electron chi connectivity index (χ3n) is 4.51. The fourth-order valence-electron chi connectivity index (χ4n) is 3.15. The number of para-hydroxylation sites is 1. The van der Waals surface area contributed by atoms with Crippen molar-refractivity contribution in [3.63, 3.8) is 0 Å². The van der Waals surface area contributed by atoms with Gasteiger partial charge in [-0.25, -0.2) is 4.79 Å². The van der Waals surface area contributed by atoms with Crippen LogP contribution in [0.2, 0.25) is 0 Å². The lowest BCUT2D eigenvalue weighted by Gasteiger charge is -2.19. The van der Waals surface area contributed by atoms with Crippen LogP contribution in [-0.4, -0.2) is 26.2 Å². The molecule has 0 fully saturated rings. The van der Waals surface area contributed by atoms with Crippen molar-refractivity contribution in [1.82, 2.24) is 5.32 Å². The van der Waals surface area contributed by atoms with Gasteiger partial charge in [-0.3, -0.25) is 0 Å². The Bertz CT molecular complexity index is 685. The molecule has 0 saturated carbocycles. The van der Waals surface area contributed by atoms with Crippen molar-refractivity contribution in [2.24, 2.45) is 0 Å². The van der Waals surface area contributed by atoms with Crippen LogP contribution >= 0.6 is 0 Å². The number of rotatable bonds is 6. The van der Waals surface area contributed by atoms with Gasteiger partial charge in [0.2, 0.25) is 0 Å². The monoisotopic (exact) mass is 323 g/mol. The number of carbonyl (C=O) groups is 1. The molecule has 0 saturated heterocycles. The summed E-state index contributed by atoms with van der Waals surface area (Å²) in [6.07, 6.45) is 4.41. The predicted octanol–water partition coefficient (Wildman–Crippen LogP) is 3.82. The average molecular weight is 323 g/mol. The number of amides is 2. The number of anilines is 2. The smallest absolute Gasteiger partial charge is 0.319 e. The van der Waals surface area contributed by atoms with Crippen molar-refractivity contribution in [3.05, 3.63) is 59.7 Å². The van der Waals surface area contributed by atoms with Gasteiger partial charge in [-0.2, -0.15) is 0 Å².